The predicted molar refractivity (Wildman–Crippen MR) is 199 cm³/mol. The van der Waals surface area contributed by atoms with Crippen molar-refractivity contribution in [3.05, 3.63) is 36.0 Å². The lowest BCUT2D eigenvalue weighted by molar-refractivity contribution is -0.314. The number of ether oxygens (including phenoxy) is 8. The maximum atomic E-state index is 14.7. The standard InChI is InChI=1S/C42H65NO10/c1-10-12-27-13-11-14-35(53-37-18-17-34(43(5)6)24(3)49-37)23(2)38(45)33-21-31-29(32(33)22-36(44)51-27)16-15-26-19-28(20-30(26)31)52-42-41(48-9)40(47-8)39(46-7)25(4)50-42/h10,12,15-16,21,23-32,34-35,37,39-42H,11,13-14,17-20,22H2,1-9H3. The van der Waals surface area contributed by atoms with Gasteiger partial charge in [0.25, 0.3) is 0 Å². The Bertz CT molecular complexity index is 1350. The molecular weight excluding hydrogens is 678 g/mol. The summed E-state index contributed by atoms with van der Waals surface area (Å²) in [6, 6.07) is 0.331. The number of hydrogen-bond acceptors (Lipinski definition) is 11. The summed E-state index contributed by atoms with van der Waals surface area (Å²) in [5, 5.41) is 0. The van der Waals surface area contributed by atoms with Crippen molar-refractivity contribution in [2.75, 3.05) is 35.4 Å². The summed E-state index contributed by atoms with van der Waals surface area (Å²) in [5.41, 5.74) is 0.749. The lowest BCUT2D eigenvalue weighted by atomic mass is 9.70. The van der Waals surface area contributed by atoms with Crippen LogP contribution >= 0.6 is 0 Å². The van der Waals surface area contributed by atoms with E-state index < -0.39 is 12.4 Å². The largest absolute Gasteiger partial charge is 0.458 e. The molecule has 0 radical (unpaired) electrons. The van der Waals surface area contributed by atoms with E-state index in [9.17, 15) is 9.59 Å². The van der Waals surface area contributed by atoms with Gasteiger partial charge in [0.1, 0.15) is 24.4 Å². The summed E-state index contributed by atoms with van der Waals surface area (Å²) in [6.45, 7) is 8.03. The molecule has 3 heterocycles. The van der Waals surface area contributed by atoms with Crippen LogP contribution in [0.3, 0.4) is 0 Å². The second-order valence-electron chi connectivity index (χ2n) is 16.5. The highest BCUT2D eigenvalue weighted by Gasteiger charge is 2.52. The molecule has 0 aromatic heterocycles. The molecule has 0 aromatic carbocycles. The van der Waals surface area contributed by atoms with Crippen LogP contribution in [0.1, 0.15) is 79.1 Å². The van der Waals surface area contributed by atoms with E-state index in [1.807, 2.05) is 32.9 Å². The molecule has 6 aliphatic rings. The van der Waals surface area contributed by atoms with E-state index >= 15 is 0 Å². The fourth-order valence-corrected chi connectivity index (χ4v) is 10.4. The Morgan fingerprint density at radius 1 is 0.830 bits per heavy atom. The number of allylic oxidation sites excluding steroid dienone is 5. The smallest absolute Gasteiger partial charge is 0.307 e. The Balaban J connectivity index is 1.22. The highest BCUT2D eigenvalue weighted by Crippen LogP contribution is 2.54. The van der Waals surface area contributed by atoms with Crippen molar-refractivity contribution >= 4 is 11.8 Å². The zero-order chi connectivity index (χ0) is 38.0. The van der Waals surface area contributed by atoms with Crippen LogP contribution in [0.15, 0.2) is 36.0 Å². The number of fused-ring (bicyclic) bond motifs is 5. The topological polar surface area (TPSA) is 111 Å². The Morgan fingerprint density at radius 3 is 2.26 bits per heavy atom. The van der Waals surface area contributed by atoms with Crippen molar-refractivity contribution in [3.63, 3.8) is 0 Å². The molecule has 17 atom stereocenters. The minimum atomic E-state index is -0.600. The highest BCUT2D eigenvalue weighted by molar-refractivity contribution is 5.99. The lowest BCUT2D eigenvalue weighted by Crippen LogP contribution is -2.59. The van der Waals surface area contributed by atoms with Crippen LogP contribution < -0.4 is 0 Å². The van der Waals surface area contributed by atoms with Gasteiger partial charge in [-0.05, 0) is 115 Å². The number of cyclic esters (lactones) is 1. The summed E-state index contributed by atoms with van der Waals surface area (Å²) >= 11 is 0. The van der Waals surface area contributed by atoms with E-state index in [2.05, 4.69) is 44.1 Å². The zero-order valence-electron chi connectivity index (χ0n) is 33.4. The number of rotatable bonds is 9. The summed E-state index contributed by atoms with van der Waals surface area (Å²) in [5.74, 6) is -0.129. The number of carbonyl (C=O) groups excluding carboxylic acids is 2. The zero-order valence-corrected chi connectivity index (χ0v) is 33.4. The van der Waals surface area contributed by atoms with E-state index in [1.165, 1.54) is 0 Å². The monoisotopic (exact) mass is 743 g/mol. The second-order valence-corrected chi connectivity index (χ2v) is 16.5. The minimum Gasteiger partial charge on any atom is -0.458 e. The van der Waals surface area contributed by atoms with Crippen molar-refractivity contribution in [2.24, 2.45) is 35.5 Å². The highest BCUT2D eigenvalue weighted by atomic mass is 16.7. The number of nitrogens with zero attached hydrogens (tertiary/aromatic N) is 1. The molecule has 0 aromatic rings. The number of ketones is 1. The van der Waals surface area contributed by atoms with Crippen LogP contribution in [0.5, 0.6) is 0 Å². The van der Waals surface area contributed by atoms with Gasteiger partial charge in [-0.2, -0.15) is 0 Å². The summed E-state index contributed by atoms with van der Waals surface area (Å²) in [4.78, 5) is 30.5. The average molecular weight is 744 g/mol. The van der Waals surface area contributed by atoms with Crippen molar-refractivity contribution in [2.45, 2.75) is 147 Å². The van der Waals surface area contributed by atoms with Crippen LogP contribution in [0, 0.1) is 35.5 Å². The van der Waals surface area contributed by atoms with Crippen molar-refractivity contribution in [1.29, 1.82) is 0 Å². The first-order valence-electron chi connectivity index (χ1n) is 20.1. The molecule has 17 unspecified atom stereocenters. The Hall–Kier alpha value is -1.96. The molecule has 0 amide bonds. The van der Waals surface area contributed by atoms with Gasteiger partial charge in [0.05, 0.1) is 30.8 Å². The summed E-state index contributed by atoms with van der Waals surface area (Å²) < 4.78 is 49.6. The van der Waals surface area contributed by atoms with Crippen LogP contribution in [0.2, 0.25) is 0 Å². The number of carbonyl (C=O) groups is 2. The maximum Gasteiger partial charge on any atom is 0.307 e. The van der Waals surface area contributed by atoms with E-state index in [-0.39, 0.29) is 103 Å². The quantitative estimate of drug-likeness (QED) is 0.216. The number of likely N-dealkylation sites (N-methyl/N-ethyl adjacent to an activating group) is 1. The molecule has 298 valence electrons. The van der Waals surface area contributed by atoms with Gasteiger partial charge in [-0.25, -0.2) is 0 Å². The van der Waals surface area contributed by atoms with Gasteiger partial charge in [-0.15, -0.1) is 0 Å². The first-order chi connectivity index (χ1) is 25.5. The number of methoxy groups -OCH3 is 3. The first-order valence-corrected chi connectivity index (χ1v) is 20.1. The predicted octanol–water partition coefficient (Wildman–Crippen LogP) is 5.65. The van der Waals surface area contributed by atoms with Gasteiger partial charge >= 0.3 is 5.97 Å². The average Bonchev–Trinajstić information content (AvgIpc) is 3.70. The fourth-order valence-electron chi connectivity index (χ4n) is 10.4. The van der Waals surface area contributed by atoms with Crippen LogP contribution in [-0.4, -0.2) is 120 Å². The fraction of sp³-hybridized carbons (Fsp3) is 0.810. The first kappa shape index (κ1) is 40.7. The molecule has 53 heavy (non-hydrogen) atoms. The molecular formula is C42H65NO10. The normalized spacial score (nSPS) is 45.2. The molecule has 1 saturated carbocycles. The van der Waals surface area contributed by atoms with E-state index in [0.29, 0.717) is 18.9 Å². The van der Waals surface area contributed by atoms with Crippen LogP contribution in [0.4, 0.5) is 0 Å². The Morgan fingerprint density at radius 2 is 1.58 bits per heavy atom. The van der Waals surface area contributed by atoms with Crippen molar-refractivity contribution in [3.8, 4) is 0 Å². The van der Waals surface area contributed by atoms with Crippen LogP contribution in [-0.2, 0) is 47.5 Å². The molecule has 0 N–H and O–H groups in total. The van der Waals surface area contributed by atoms with Crippen LogP contribution in [0.25, 0.3) is 0 Å². The molecule has 4 fully saturated rings. The third kappa shape index (κ3) is 8.73. The van der Waals surface area contributed by atoms with Gasteiger partial charge in [0, 0.05) is 39.2 Å². The second kappa shape index (κ2) is 17.9. The van der Waals surface area contributed by atoms with E-state index in [1.54, 1.807) is 21.3 Å². The number of hydrogen-bond donors (Lipinski definition) is 0. The van der Waals surface area contributed by atoms with Gasteiger partial charge in [0.2, 0.25) is 0 Å². The maximum absolute atomic E-state index is 14.7. The minimum absolute atomic E-state index is 0.0275. The molecule has 3 saturated heterocycles. The van der Waals surface area contributed by atoms with Gasteiger partial charge in [0.15, 0.2) is 18.4 Å². The molecule has 6 rings (SSSR count). The third-order valence-corrected chi connectivity index (χ3v) is 13.2. The number of esters is 1. The molecule has 0 bridgehead atoms. The lowest BCUT2D eigenvalue weighted by Gasteiger charge is -2.44. The third-order valence-electron chi connectivity index (χ3n) is 13.2. The molecule has 0 spiro atoms. The Kier molecular flexibility index (Phi) is 13.7. The van der Waals surface area contributed by atoms with Gasteiger partial charge in [-0.1, -0.05) is 31.2 Å². The molecule has 11 nitrogen and oxygen atoms in total. The molecule has 3 aliphatic carbocycles. The van der Waals surface area contributed by atoms with Crippen molar-refractivity contribution in [1.82, 2.24) is 4.90 Å². The molecule has 3 aliphatic heterocycles. The van der Waals surface area contributed by atoms with E-state index in [0.717, 1.165) is 37.7 Å². The number of Topliss-reactive ketones (excluding diaryl/α,β-unsaturated/α-hetero) is 1. The van der Waals surface area contributed by atoms with Gasteiger partial charge < -0.3 is 42.8 Å². The summed E-state index contributed by atoms with van der Waals surface area (Å²) in [6.07, 6.45) is 13.5. The summed E-state index contributed by atoms with van der Waals surface area (Å²) in [7, 11) is 9.14. The molecule has 11 heteroatoms. The van der Waals surface area contributed by atoms with E-state index in [4.69, 9.17) is 37.9 Å². The van der Waals surface area contributed by atoms with Gasteiger partial charge in [-0.3, -0.25) is 9.59 Å². The Labute approximate surface area is 317 Å². The SMILES string of the molecule is CC=CC1CCCC(OC2CCC(N(C)C)C(C)O2)C(C)C(=O)C2=CC3C(C=CC4CC(OC5OC(C)C(OC)C(OC)C5OC)CC43)C2CC(=O)O1. The van der Waals surface area contributed by atoms with Crippen molar-refractivity contribution < 1.29 is 47.5 Å².